The van der Waals surface area contributed by atoms with Gasteiger partial charge in [-0.25, -0.2) is 19.5 Å². The van der Waals surface area contributed by atoms with E-state index in [1.165, 1.54) is 19.6 Å². The van der Waals surface area contributed by atoms with E-state index in [1.54, 1.807) is 31.2 Å². The standard InChI is InChI=1S/C21H24N4O6S/c1-5-11(2)16(17(26)24-20-22-14(10-32-20)19(28)31-4)25-18(27)15(23-21(25)29)12-6-8-13(30-3)9-7-12/h6-11,15-16H,5H2,1-4H3,(H,23,29)(H,22,24,26)/t11-,15+,16-/m0/s1. The predicted molar refractivity (Wildman–Crippen MR) is 116 cm³/mol. The Labute approximate surface area is 188 Å². The van der Waals surface area contributed by atoms with Gasteiger partial charge in [-0.1, -0.05) is 32.4 Å². The monoisotopic (exact) mass is 460 g/mol. The molecule has 1 aromatic heterocycles. The van der Waals surface area contributed by atoms with Crippen molar-refractivity contribution < 1.29 is 28.7 Å². The molecule has 0 bridgehead atoms. The minimum Gasteiger partial charge on any atom is -0.497 e. The van der Waals surface area contributed by atoms with Gasteiger partial charge in [0.05, 0.1) is 14.2 Å². The number of carbonyl (C=O) groups excluding carboxylic acids is 4. The second-order valence-electron chi connectivity index (χ2n) is 7.21. The van der Waals surface area contributed by atoms with Crippen molar-refractivity contribution in [2.75, 3.05) is 19.5 Å². The van der Waals surface area contributed by atoms with Gasteiger partial charge in [0.15, 0.2) is 10.8 Å². The van der Waals surface area contributed by atoms with Crippen LogP contribution in [0.25, 0.3) is 0 Å². The summed E-state index contributed by atoms with van der Waals surface area (Å²) in [6.07, 6.45) is 0.549. The van der Waals surface area contributed by atoms with E-state index >= 15 is 0 Å². The first-order chi connectivity index (χ1) is 15.3. The molecule has 2 heterocycles. The Bertz CT molecular complexity index is 1020. The summed E-state index contributed by atoms with van der Waals surface area (Å²) in [6, 6.07) is 4.15. The van der Waals surface area contributed by atoms with Crippen molar-refractivity contribution in [2.24, 2.45) is 5.92 Å². The molecule has 1 aliphatic heterocycles. The average Bonchev–Trinajstić information content (AvgIpc) is 3.38. The number of urea groups is 1. The highest BCUT2D eigenvalue weighted by Gasteiger charge is 2.47. The number of benzene rings is 1. The average molecular weight is 461 g/mol. The molecule has 1 aromatic carbocycles. The second kappa shape index (κ2) is 9.77. The van der Waals surface area contributed by atoms with Crippen LogP contribution in [0.5, 0.6) is 5.75 Å². The molecule has 11 heteroatoms. The Morgan fingerprint density at radius 3 is 2.53 bits per heavy atom. The highest BCUT2D eigenvalue weighted by atomic mass is 32.1. The fraction of sp³-hybridized carbons (Fsp3) is 0.381. The van der Waals surface area contributed by atoms with E-state index in [0.717, 1.165) is 16.2 Å². The Balaban J connectivity index is 1.83. The molecule has 0 unspecified atom stereocenters. The summed E-state index contributed by atoms with van der Waals surface area (Å²) in [5.74, 6) is -1.41. The van der Waals surface area contributed by atoms with Crippen LogP contribution in [0.3, 0.4) is 0 Å². The van der Waals surface area contributed by atoms with Crippen LogP contribution >= 0.6 is 11.3 Å². The summed E-state index contributed by atoms with van der Waals surface area (Å²) in [6.45, 7) is 3.65. The van der Waals surface area contributed by atoms with E-state index < -0.39 is 35.9 Å². The normalized spacial score (nSPS) is 17.5. The Hall–Kier alpha value is -3.47. The lowest BCUT2D eigenvalue weighted by molar-refractivity contribution is -0.135. The molecule has 4 amide bonds. The van der Waals surface area contributed by atoms with E-state index in [1.807, 2.05) is 6.92 Å². The molecular weight excluding hydrogens is 436 g/mol. The van der Waals surface area contributed by atoms with Gasteiger partial charge in [0.1, 0.15) is 17.8 Å². The number of hydrogen-bond acceptors (Lipinski definition) is 8. The Kier molecular flexibility index (Phi) is 7.08. The fourth-order valence-corrected chi connectivity index (χ4v) is 4.02. The molecule has 2 aromatic rings. The van der Waals surface area contributed by atoms with Crippen LogP contribution in [0.1, 0.15) is 42.4 Å². The van der Waals surface area contributed by atoms with E-state index in [9.17, 15) is 19.2 Å². The van der Waals surface area contributed by atoms with Crippen LogP contribution in [0.2, 0.25) is 0 Å². The quantitative estimate of drug-likeness (QED) is 0.458. The molecule has 2 N–H and O–H groups in total. The van der Waals surface area contributed by atoms with Crippen molar-refractivity contribution in [1.82, 2.24) is 15.2 Å². The van der Waals surface area contributed by atoms with Crippen LogP contribution in [0, 0.1) is 5.92 Å². The molecule has 0 spiro atoms. The summed E-state index contributed by atoms with van der Waals surface area (Å²) >= 11 is 1.04. The minimum absolute atomic E-state index is 0.0578. The second-order valence-corrected chi connectivity index (χ2v) is 8.07. The summed E-state index contributed by atoms with van der Waals surface area (Å²) in [4.78, 5) is 55.6. The van der Waals surface area contributed by atoms with Crippen LogP contribution in [-0.2, 0) is 14.3 Å². The predicted octanol–water partition coefficient (Wildman–Crippen LogP) is 2.58. The lowest BCUT2D eigenvalue weighted by Gasteiger charge is -2.28. The molecule has 0 radical (unpaired) electrons. The van der Waals surface area contributed by atoms with Gasteiger partial charge >= 0.3 is 12.0 Å². The number of methoxy groups -OCH3 is 2. The molecule has 32 heavy (non-hydrogen) atoms. The molecule has 0 aliphatic carbocycles. The summed E-state index contributed by atoms with van der Waals surface area (Å²) < 4.78 is 9.74. The smallest absolute Gasteiger partial charge is 0.357 e. The van der Waals surface area contributed by atoms with Crippen LogP contribution in [0.4, 0.5) is 9.93 Å². The maximum Gasteiger partial charge on any atom is 0.357 e. The molecule has 170 valence electrons. The maximum absolute atomic E-state index is 13.2. The molecule has 1 aliphatic rings. The number of nitrogens with one attached hydrogen (secondary N) is 2. The number of hydrogen-bond donors (Lipinski definition) is 2. The first kappa shape index (κ1) is 23.2. The van der Waals surface area contributed by atoms with Gasteiger partial charge in [0.2, 0.25) is 5.91 Å². The van der Waals surface area contributed by atoms with Gasteiger partial charge in [0.25, 0.3) is 5.91 Å². The first-order valence-corrected chi connectivity index (χ1v) is 10.8. The highest BCUT2D eigenvalue weighted by molar-refractivity contribution is 7.14. The summed E-state index contributed by atoms with van der Waals surface area (Å²) in [5, 5.41) is 6.89. The topological polar surface area (TPSA) is 127 Å². The van der Waals surface area contributed by atoms with Gasteiger partial charge in [-0.3, -0.25) is 9.59 Å². The number of amides is 4. The third kappa shape index (κ3) is 4.57. The van der Waals surface area contributed by atoms with Crippen molar-refractivity contribution in [1.29, 1.82) is 0 Å². The van der Waals surface area contributed by atoms with Crippen LogP contribution < -0.4 is 15.4 Å². The number of anilines is 1. The zero-order valence-corrected chi connectivity index (χ0v) is 18.9. The first-order valence-electron chi connectivity index (χ1n) is 9.92. The maximum atomic E-state index is 13.2. The third-order valence-electron chi connectivity index (χ3n) is 5.28. The Morgan fingerprint density at radius 1 is 1.25 bits per heavy atom. The van der Waals surface area contributed by atoms with Gasteiger partial charge in [-0.05, 0) is 23.6 Å². The molecule has 3 atom stereocenters. The number of imide groups is 1. The van der Waals surface area contributed by atoms with E-state index in [2.05, 4.69) is 20.4 Å². The number of aromatic nitrogens is 1. The molecule has 0 saturated carbocycles. The van der Waals surface area contributed by atoms with Crippen LogP contribution in [-0.4, -0.2) is 54.0 Å². The van der Waals surface area contributed by atoms with E-state index in [0.29, 0.717) is 17.7 Å². The van der Waals surface area contributed by atoms with Crippen LogP contribution in [0.15, 0.2) is 29.6 Å². The van der Waals surface area contributed by atoms with Gasteiger partial charge < -0.3 is 20.1 Å². The SMILES string of the molecule is CC[C@H](C)[C@@H](C(=O)Nc1nc(C(=O)OC)cs1)N1C(=O)N[C@H](c2ccc(OC)cc2)C1=O. The minimum atomic E-state index is -1.05. The molecule has 10 nitrogen and oxygen atoms in total. The molecule has 1 saturated heterocycles. The van der Waals surface area contributed by atoms with E-state index in [-0.39, 0.29) is 16.7 Å². The fourth-order valence-electron chi connectivity index (χ4n) is 3.34. The molecule has 3 rings (SSSR count). The van der Waals surface area contributed by atoms with Gasteiger partial charge in [-0.2, -0.15) is 0 Å². The zero-order chi connectivity index (χ0) is 23.4. The summed E-state index contributed by atoms with van der Waals surface area (Å²) in [5.41, 5.74) is 0.639. The number of ether oxygens (including phenoxy) is 2. The van der Waals surface area contributed by atoms with Crippen molar-refractivity contribution in [3.8, 4) is 5.75 Å². The number of thiazole rings is 1. The summed E-state index contributed by atoms with van der Waals surface area (Å²) in [7, 11) is 2.76. The Morgan fingerprint density at radius 2 is 1.94 bits per heavy atom. The largest absolute Gasteiger partial charge is 0.497 e. The van der Waals surface area contributed by atoms with Crippen molar-refractivity contribution in [3.05, 3.63) is 40.9 Å². The molecule has 1 fully saturated rings. The number of rotatable bonds is 8. The third-order valence-corrected chi connectivity index (χ3v) is 6.04. The number of carbonyl (C=O) groups is 4. The lowest BCUT2D eigenvalue weighted by Crippen LogP contribution is -2.51. The van der Waals surface area contributed by atoms with E-state index in [4.69, 9.17) is 4.74 Å². The zero-order valence-electron chi connectivity index (χ0n) is 18.1. The lowest BCUT2D eigenvalue weighted by atomic mass is 9.96. The van der Waals surface area contributed by atoms with Gasteiger partial charge in [-0.15, -0.1) is 11.3 Å². The van der Waals surface area contributed by atoms with Crippen molar-refractivity contribution in [3.63, 3.8) is 0 Å². The van der Waals surface area contributed by atoms with Crippen molar-refractivity contribution in [2.45, 2.75) is 32.4 Å². The molecular formula is C21H24N4O6S. The highest BCUT2D eigenvalue weighted by Crippen LogP contribution is 2.29. The van der Waals surface area contributed by atoms with Crippen molar-refractivity contribution >= 4 is 40.3 Å². The number of nitrogens with zero attached hydrogens (tertiary/aromatic N) is 2. The van der Waals surface area contributed by atoms with Gasteiger partial charge in [0, 0.05) is 5.38 Å². The number of esters is 1.